The van der Waals surface area contributed by atoms with Gasteiger partial charge in [0.2, 0.25) is 5.91 Å². The Morgan fingerprint density at radius 1 is 1.37 bits per heavy atom. The van der Waals surface area contributed by atoms with Crippen LogP contribution in [0.1, 0.15) is 23.9 Å². The van der Waals surface area contributed by atoms with Gasteiger partial charge in [0.05, 0.1) is 31.6 Å². The standard InChI is InChI=1S/C12H18N2O5/c1-2-12(7-15,8-16)14-10(17)6-13-11(18)9-4-3-5-19-9/h3-5,15-16H,2,6-8H2,1H3,(H,13,18)(H,14,17). The van der Waals surface area contributed by atoms with E-state index >= 15 is 0 Å². The van der Waals surface area contributed by atoms with Gasteiger partial charge in [-0.2, -0.15) is 0 Å². The highest BCUT2D eigenvalue weighted by Crippen LogP contribution is 2.07. The molecule has 1 aromatic heterocycles. The van der Waals surface area contributed by atoms with E-state index in [-0.39, 0.29) is 25.5 Å². The molecule has 106 valence electrons. The Hall–Kier alpha value is -1.86. The molecule has 0 saturated heterocycles. The van der Waals surface area contributed by atoms with Crippen LogP contribution in [-0.4, -0.2) is 47.3 Å². The summed E-state index contributed by atoms with van der Waals surface area (Å²) >= 11 is 0. The van der Waals surface area contributed by atoms with Crippen LogP contribution < -0.4 is 10.6 Å². The maximum atomic E-state index is 11.6. The normalized spacial score (nSPS) is 11.1. The lowest BCUT2D eigenvalue weighted by atomic mass is 9.98. The predicted molar refractivity (Wildman–Crippen MR) is 66.4 cm³/mol. The van der Waals surface area contributed by atoms with E-state index in [9.17, 15) is 19.8 Å². The van der Waals surface area contributed by atoms with Crippen molar-refractivity contribution in [2.24, 2.45) is 0 Å². The number of furan rings is 1. The maximum absolute atomic E-state index is 11.6. The van der Waals surface area contributed by atoms with Gasteiger partial charge in [-0.3, -0.25) is 9.59 Å². The summed E-state index contributed by atoms with van der Waals surface area (Å²) in [5.41, 5.74) is -1.06. The van der Waals surface area contributed by atoms with E-state index in [2.05, 4.69) is 10.6 Å². The van der Waals surface area contributed by atoms with Gasteiger partial charge in [0.25, 0.3) is 5.91 Å². The van der Waals surface area contributed by atoms with Gasteiger partial charge in [0.1, 0.15) is 0 Å². The lowest BCUT2D eigenvalue weighted by molar-refractivity contribution is -0.123. The number of carbonyl (C=O) groups excluding carboxylic acids is 2. The number of carbonyl (C=O) groups is 2. The maximum Gasteiger partial charge on any atom is 0.287 e. The van der Waals surface area contributed by atoms with Crippen LogP contribution in [0.15, 0.2) is 22.8 Å². The molecule has 0 aliphatic heterocycles. The zero-order valence-corrected chi connectivity index (χ0v) is 10.7. The second-order valence-electron chi connectivity index (χ2n) is 4.16. The number of amides is 2. The van der Waals surface area contributed by atoms with Crippen molar-refractivity contribution < 1.29 is 24.2 Å². The minimum atomic E-state index is -1.06. The summed E-state index contributed by atoms with van der Waals surface area (Å²) in [5.74, 6) is -0.890. The van der Waals surface area contributed by atoms with Crippen molar-refractivity contribution in [3.63, 3.8) is 0 Å². The largest absolute Gasteiger partial charge is 0.459 e. The van der Waals surface area contributed by atoms with Gasteiger partial charge < -0.3 is 25.3 Å². The van der Waals surface area contributed by atoms with Crippen LogP contribution in [0.5, 0.6) is 0 Å². The quantitative estimate of drug-likeness (QED) is 0.521. The van der Waals surface area contributed by atoms with Gasteiger partial charge >= 0.3 is 0 Å². The molecule has 4 N–H and O–H groups in total. The summed E-state index contributed by atoms with van der Waals surface area (Å²) in [6, 6.07) is 3.04. The highest BCUT2D eigenvalue weighted by atomic mass is 16.3. The molecular weight excluding hydrogens is 252 g/mol. The predicted octanol–water partition coefficient (Wildman–Crippen LogP) is -0.741. The smallest absolute Gasteiger partial charge is 0.287 e. The van der Waals surface area contributed by atoms with Crippen LogP contribution in [0.3, 0.4) is 0 Å². The van der Waals surface area contributed by atoms with Crippen LogP contribution in [0.2, 0.25) is 0 Å². The number of nitrogens with one attached hydrogen (secondary N) is 2. The molecule has 0 saturated carbocycles. The molecule has 0 radical (unpaired) electrons. The summed E-state index contributed by atoms with van der Waals surface area (Å²) < 4.78 is 4.87. The molecular formula is C12H18N2O5. The van der Waals surface area contributed by atoms with Crippen LogP contribution in [0.25, 0.3) is 0 Å². The molecule has 0 fully saturated rings. The molecule has 0 unspecified atom stereocenters. The van der Waals surface area contributed by atoms with Gasteiger partial charge in [-0.15, -0.1) is 0 Å². The average Bonchev–Trinajstić information content (AvgIpc) is 2.96. The number of hydrogen-bond acceptors (Lipinski definition) is 5. The molecule has 19 heavy (non-hydrogen) atoms. The first-order valence-electron chi connectivity index (χ1n) is 5.91. The van der Waals surface area contributed by atoms with Crippen molar-refractivity contribution in [3.05, 3.63) is 24.2 Å². The van der Waals surface area contributed by atoms with E-state index in [1.807, 2.05) is 0 Å². The van der Waals surface area contributed by atoms with Crippen LogP contribution in [0, 0.1) is 0 Å². The summed E-state index contributed by atoms with van der Waals surface area (Å²) in [6.07, 6.45) is 1.73. The Morgan fingerprint density at radius 3 is 2.53 bits per heavy atom. The number of rotatable bonds is 7. The Kier molecular flexibility index (Phi) is 5.53. The Balaban J connectivity index is 2.45. The van der Waals surface area contributed by atoms with Gasteiger partial charge in [0.15, 0.2) is 5.76 Å². The van der Waals surface area contributed by atoms with Gasteiger partial charge in [0, 0.05) is 0 Å². The van der Waals surface area contributed by atoms with E-state index in [1.54, 1.807) is 13.0 Å². The average molecular weight is 270 g/mol. The number of aliphatic hydroxyl groups is 2. The molecule has 7 nitrogen and oxygen atoms in total. The second-order valence-corrected chi connectivity index (χ2v) is 4.16. The first kappa shape index (κ1) is 15.2. The van der Waals surface area contributed by atoms with Gasteiger partial charge in [-0.05, 0) is 18.6 Å². The molecule has 2 amide bonds. The minimum absolute atomic E-state index is 0.110. The van der Waals surface area contributed by atoms with Crippen LogP contribution in [-0.2, 0) is 4.79 Å². The van der Waals surface area contributed by atoms with E-state index in [0.717, 1.165) is 0 Å². The lowest BCUT2D eigenvalue weighted by Crippen LogP contribution is -2.55. The molecule has 0 aliphatic carbocycles. The summed E-state index contributed by atoms with van der Waals surface area (Å²) in [4.78, 5) is 23.1. The Morgan fingerprint density at radius 2 is 2.05 bits per heavy atom. The first-order chi connectivity index (χ1) is 9.06. The lowest BCUT2D eigenvalue weighted by Gasteiger charge is -2.29. The minimum Gasteiger partial charge on any atom is -0.459 e. The topological polar surface area (TPSA) is 112 Å². The molecule has 0 aliphatic rings. The molecule has 0 aromatic carbocycles. The van der Waals surface area contributed by atoms with Crippen molar-refractivity contribution in [2.45, 2.75) is 18.9 Å². The third-order valence-electron chi connectivity index (χ3n) is 2.84. The fraction of sp³-hybridized carbons (Fsp3) is 0.500. The van der Waals surface area contributed by atoms with E-state index in [4.69, 9.17) is 4.42 Å². The molecule has 7 heteroatoms. The third kappa shape index (κ3) is 4.08. The number of aliphatic hydroxyl groups excluding tert-OH is 2. The molecule has 1 heterocycles. The van der Waals surface area contributed by atoms with Gasteiger partial charge in [-0.25, -0.2) is 0 Å². The molecule has 1 rings (SSSR count). The summed E-state index contributed by atoms with van der Waals surface area (Å²) in [7, 11) is 0. The van der Waals surface area contributed by atoms with Gasteiger partial charge in [-0.1, -0.05) is 6.92 Å². The number of hydrogen-bond donors (Lipinski definition) is 4. The van der Waals surface area contributed by atoms with Crippen LogP contribution in [0.4, 0.5) is 0 Å². The molecule has 0 atom stereocenters. The first-order valence-corrected chi connectivity index (χ1v) is 5.91. The zero-order chi connectivity index (χ0) is 14.3. The monoisotopic (exact) mass is 270 g/mol. The SMILES string of the molecule is CCC(CO)(CO)NC(=O)CNC(=O)c1ccco1. The fourth-order valence-electron chi connectivity index (χ4n) is 1.44. The fourth-order valence-corrected chi connectivity index (χ4v) is 1.44. The highest BCUT2D eigenvalue weighted by molar-refractivity contribution is 5.94. The summed E-state index contributed by atoms with van der Waals surface area (Å²) in [6.45, 7) is 0.713. The Bertz CT molecular complexity index is 403. The van der Waals surface area contributed by atoms with Crippen molar-refractivity contribution in [1.29, 1.82) is 0 Å². The van der Waals surface area contributed by atoms with E-state index in [1.165, 1.54) is 12.3 Å². The molecule has 0 bridgehead atoms. The van der Waals surface area contributed by atoms with Crippen molar-refractivity contribution in [1.82, 2.24) is 10.6 Å². The zero-order valence-electron chi connectivity index (χ0n) is 10.7. The molecule has 1 aromatic rings. The second kappa shape index (κ2) is 6.91. The van der Waals surface area contributed by atoms with Crippen molar-refractivity contribution in [3.8, 4) is 0 Å². The van der Waals surface area contributed by atoms with E-state index in [0.29, 0.717) is 6.42 Å². The summed E-state index contributed by atoms with van der Waals surface area (Å²) in [5, 5.41) is 23.2. The Labute approximate surface area is 110 Å². The van der Waals surface area contributed by atoms with Crippen LogP contribution >= 0.6 is 0 Å². The van der Waals surface area contributed by atoms with Crippen molar-refractivity contribution in [2.75, 3.05) is 19.8 Å². The van der Waals surface area contributed by atoms with Crippen molar-refractivity contribution >= 4 is 11.8 Å². The highest BCUT2D eigenvalue weighted by Gasteiger charge is 2.28. The van der Waals surface area contributed by atoms with E-state index < -0.39 is 17.4 Å². The molecule has 0 spiro atoms. The third-order valence-corrected chi connectivity index (χ3v) is 2.84.